The van der Waals surface area contributed by atoms with Crippen molar-refractivity contribution in [3.8, 4) is 0 Å². The number of aromatic nitrogens is 1. The third kappa shape index (κ3) is 1.58. The first kappa shape index (κ1) is 8.78. The third-order valence-electron chi connectivity index (χ3n) is 3.41. The summed E-state index contributed by atoms with van der Waals surface area (Å²) in [7, 11) is 0. The van der Waals surface area contributed by atoms with Gasteiger partial charge in [0.05, 0.1) is 0 Å². The number of aryl methyl sites for hydroxylation is 1. The highest BCUT2D eigenvalue weighted by Gasteiger charge is 2.20. The SMILES string of the molecule is c1ccc(C2CCc3cc[nH]c3C2)cc1. The highest BCUT2D eigenvalue weighted by atomic mass is 14.7. The van der Waals surface area contributed by atoms with Crippen molar-refractivity contribution in [3.63, 3.8) is 0 Å². The van der Waals surface area contributed by atoms with E-state index in [0.717, 1.165) is 0 Å². The van der Waals surface area contributed by atoms with Crippen molar-refractivity contribution in [2.75, 3.05) is 0 Å². The fourth-order valence-electron chi connectivity index (χ4n) is 2.55. The van der Waals surface area contributed by atoms with Crippen molar-refractivity contribution in [1.29, 1.82) is 0 Å². The van der Waals surface area contributed by atoms with Crippen LogP contribution in [0.2, 0.25) is 0 Å². The van der Waals surface area contributed by atoms with E-state index in [9.17, 15) is 0 Å². The molecular weight excluding hydrogens is 182 g/mol. The number of nitrogens with one attached hydrogen (secondary N) is 1. The van der Waals surface area contributed by atoms with Crippen LogP contribution in [0.1, 0.15) is 29.2 Å². The van der Waals surface area contributed by atoms with Gasteiger partial charge in [-0.3, -0.25) is 0 Å². The maximum Gasteiger partial charge on any atom is 0.0185 e. The van der Waals surface area contributed by atoms with Crippen LogP contribution in [-0.2, 0) is 12.8 Å². The van der Waals surface area contributed by atoms with Gasteiger partial charge in [-0.1, -0.05) is 30.3 Å². The number of rotatable bonds is 1. The molecular formula is C14H15N. The van der Waals surface area contributed by atoms with Gasteiger partial charge in [0, 0.05) is 11.9 Å². The molecule has 1 nitrogen and oxygen atoms in total. The molecule has 1 aromatic carbocycles. The van der Waals surface area contributed by atoms with Crippen molar-refractivity contribution >= 4 is 0 Å². The zero-order valence-electron chi connectivity index (χ0n) is 8.74. The number of fused-ring (bicyclic) bond motifs is 1. The van der Waals surface area contributed by atoms with Gasteiger partial charge in [-0.2, -0.15) is 0 Å². The van der Waals surface area contributed by atoms with E-state index < -0.39 is 0 Å². The molecule has 3 rings (SSSR count). The van der Waals surface area contributed by atoms with Crippen LogP contribution in [0, 0.1) is 0 Å². The van der Waals surface area contributed by atoms with Crippen LogP contribution in [0.4, 0.5) is 0 Å². The minimum atomic E-state index is 0.706. The average Bonchev–Trinajstić information content (AvgIpc) is 2.77. The van der Waals surface area contributed by atoms with Crippen molar-refractivity contribution in [3.05, 3.63) is 59.4 Å². The smallest absolute Gasteiger partial charge is 0.0185 e. The fraction of sp³-hybridized carbons (Fsp3) is 0.286. The lowest BCUT2D eigenvalue weighted by atomic mass is 9.83. The summed E-state index contributed by atoms with van der Waals surface area (Å²) >= 11 is 0. The van der Waals surface area contributed by atoms with Crippen LogP contribution < -0.4 is 0 Å². The molecule has 2 aromatic rings. The Balaban J connectivity index is 1.88. The van der Waals surface area contributed by atoms with E-state index in [1.54, 1.807) is 0 Å². The Kier molecular flexibility index (Phi) is 2.09. The fourth-order valence-corrected chi connectivity index (χ4v) is 2.55. The summed E-state index contributed by atoms with van der Waals surface area (Å²) in [5.74, 6) is 0.706. The van der Waals surface area contributed by atoms with Gasteiger partial charge in [0.15, 0.2) is 0 Å². The molecule has 0 fully saturated rings. The summed E-state index contributed by atoms with van der Waals surface area (Å²) in [6.07, 6.45) is 5.75. The first-order chi connectivity index (χ1) is 7.43. The molecule has 1 aliphatic carbocycles. The van der Waals surface area contributed by atoms with Gasteiger partial charge in [-0.25, -0.2) is 0 Å². The van der Waals surface area contributed by atoms with E-state index in [2.05, 4.69) is 47.6 Å². The summed E-state index contributed by atoms with van der Waals surface area (Å²) in [4.78, 5) is 3.36. The topological polar surface area (TPSA) is 15.8 Å². The molecule has 1 heterocycles. The number of hydrogen-bond acceptors (Lipinski definition) is 0. The van der Waals surface area contributed by atoms with Gasteiger partial charge < -0.3 is 4.98 Å². The summed E-state index contributed by atoms with van der Waals surface area (Å²) in [5.41, 5.74) is 4.44. The van der Waals surface area contributed by atoms with Crippen LogP contribution in [0.25, 0.3) is 0 Å². The van der Waals surface area contributed by atoms with Gasteiger partial charge in [0.2, 0.25) is 0 Å². The van der Waals surface area contributed by atoms with E-state index >= 15 is 0 Å². The van der Waals surface area contributed by atoms with Gasteiger partial charge >= 0.3 is 0 Å². The quantitative estimate of drug-likeness (QED) is 0.722. The van der Waals surface area contributed by atoms with Crippen molar-refractivity contribution in [2.45, 2.75) is 25.2 Å². The van der Waals surface area contributed by atoms with Crippen LogP contribution in [0.5, 0.6) is 0 Å². The van der Waals surface area contributed by atoms with E-state index in [1.807, 2.05) is 0 Å². The molecule has 0 radical (unpaired) electrons. The lowest BCUT2D eigenvalue weighted by Gasteiger charge is -2.22. The molecule has 1 aromatic heterocycles. The van der Waals surface area contributed by atoms with E-state index in [1.165, 1.54) is 36.1 Å². The first-order valence-corrected chi connectivity index (χ1v) is 5.63. The van der Waals surface area contributed by atoms with Crippen LogP contribution in [-0.4, -0.2) is 4.98 Å². The summed E-state index contributed by atoms with van der Waals surface area (Å²) in [5, 5.41) is 0. The van der Waals surface area contributed by atoms with Crippen molar-refractivity contribution in [2.24, 2.45) is 0 Å². The lowest BCUT2D eigenvalue weighted by Crippen LogP contribution is -2.11. The average molecular weight is 197 g/mol. The monoisotopic (exact) mass is 197 g/mol. The molecule has 1 atom stereocenters. The zero-order chi connectivity index (χ0) is 10.1. The first-order valence-electron chi connectivity index (χ1n) is 5.63. The predicted molar refractivity (Wildman–Crippen MR) is 62.0 cm³/mol. The van der Waals surface area contributed by atoms with Gasteiger partial charge in [0.25, 0.3) is 0 Å². The minimum absolute atomic E-state index is 0.706. The number of H-pyrrole nitrogens is 1. The van der Waals surface area contributed by atoms with E-state index in [4.69, 9.17) is 0 Å². The number of hydrogen-bond donors (Lipinski definition) is 1. The maximum atomic E-state index is 3.36. The second-order valence-electron chi connectivity index (χ2n) is 4.33. The van der Waals surface area contributed by atoms with Gasteiger partial charge in [0.1, 0.15) is 0 Å². The van der Waals surface area contributed by atoms with E-state index in [0.29, 0.717) is 5.92 Å². The molecule has 0 bridgehead atoms. The molecule has 0 spiro atoms. The van der Waals surface area contributed by atoms with Crippen molar-refractivity contribution in [1.82, 2.24) is 4.98 Å². The number of benzene rings is 1. The Hall–Kier alpha value is -1.50. The Morgan fingerprint density at radius 3 is 2.80 bits per heavy atom. The Labute approximate surface area is 90.2 Å². The predicted octanol–water partition coefficient (Wildman–Crippen LogP) is 3.29. The summed E-state index contributed by atoms with van der Waals surface area (Å²) < 4.78 is 0. The molecule has 1 unspecified atom stereocenters. The lowest BCUT2D eigenvalue weighted by molar-refractivity contribution is 0.578. The Morgan fingerprint density at radius 1 is 1.07 bits per heavy atom. The maximum absolute atomic E-state index is 3.36. The van der Waals surface area contributed by atoms with Gasteiger partial charge in [-0.15, -0.1) is 0 Å². The molecule has 1 aliphatic rings. The van der Waals surface area contributed by atoms with Crippen LogP contribution in [0.15, 0.2) is 42.6 Å². The highest BCUT2D eigenvalue weighted by molar-refractivity contribution is 5.29. The van der Waals surface area contributed by atoms with Crippen LogP contribution >= 0.6 is 0 Å². The normalized spacial score (nSPS) is 19.9. The molecule has 1 N–H and O–H groups in total. The third-order valence-corrected chi connectivity index (χ3v) is 3.41. The highest BCUT2D eigenvalue weighted by Crippen LogP contribution is 2.31. The summed E-state index contributed by atoms with van der Waals surface area (Å²) in [6, 6.07) is 13.1. The van der Waals surface area contributed by atoms with Crippen molar-refractivity contribution < 1.29 is 0 Å². The molecule has 0 aliphatic heterocycles. The Bertz CT molecular complexity index is 441. The molecule has 76 valence electrons. The second-order valence-corrected chi connectivity index (χ2v) is 4.33. The van der Waals surface area contributed by atoms with E-state index in [-0.39, 0.29) is 0 Å². The van der Waals surface area contributed by atoms with Gasteiger partial charge in [-0.05, 0) is 42.4 Å². The number of aromatic amines is 1. The minimum Gasteiger partial charge on any atom is -0.365 e. The molecule has 1 heteroatoms. The van der Waals surface area contributed by atoms with Crippen LogP contribution in [0.3, 0.4) is 0 Å². The second kappa shape index (κ2) is 3.58. The molecule has 15 heavy (non-hydrogen) atoms. The summed E-state index contributed by atoms with van der Waals surface area (Å²) in [6.45, 7) is 0. The molecule has 0 saturated carbocycles. The molecule has 0 saturated heterocycles. The molecule has 0 amide bonds. The largest absolute Gasteiger partial charge is 0.365 e. The zero-order valence-corrected chi connectivity index (χ0v) is 8.74. The Morgan fingerprint density at radius 2 is 1.93 bits per heavy atom. The standard InChI is InChI=1S/C14H15N/c1-2-4-11(5-3-1)13-7-6-12-8-9-15-14(12)10-13/h1-5,8-9,13,15H,6-7,10H2.